The molecule has 0 radical (unpaired) electrons. The number of halogens is 2. The van der Waals surface area contributed by atoms with Crippen LogP contribution in [0.3, 0.4) is 0 Å². The SMILES string of the molecule is Oc1c(F)cc(C2=CC3(CCNCC3)Oc3ccccc32)cc1F. The monoisotopic (exact) mass is 329 g/mol. The molecule has 2 aromatic rings. The number of fused-ring (bicyclic) bond motifs is 1. The molecule has 3 nitrogen and oxygen atoms in total. The molecule has 1 fully saturated rings. The van der Waals surface area contributed by atoms with Crippen LogP contribution in [0.4, 0.5) is 8.78 Å². The van der Waals surface area contributed by atoms with E-state index in [-0.39, 0.29) is 0 Å². The van der Waals surface area contributed by atoms with Gasteiger partial charge in [-0.3, -0.25) is 0 Å². The molecule has 0 atom stereocenters. The molecule has 24 heavy (non-hydrogen) atoms. The minimum absolute atomic E-state index is 0.399. The van der Waals surface area contributed by atoms with Gasteiger partial charge in [-0.2, -0.15) is 0 Å². The summed E-state index contributed by atoms with van der Waals surface area (Å²) < 4.78 is 33.9. The van der Waals surface area contributed by atoms with Crippen LogP contribution in [0, 0.1) is 11.6 Å². The molecule has 0 bridgehead atoms. The third-order valence-electron chi connectivity index (χ3n) is 4.68. The number of para-hydroxylation sites is 1. The van der Waals surface area contributed by atoms with Gasteiger partial charge in [0.1, 0.15) is 11.4 Å². The number of hydrogen-bond donors (Lipinski definition) is 2. The number of rotatable bonds is 1. The van der Waals surface area contributed by atoms with E-state index in [1.54, 1.807) is 0 Å². The Labute approximate surface area is 138 Å². The first-order chi connectivity index (χ1) is 11.6. The van der Waals surface area contributed by atoms with Gasteiger partial charge in [-0.1, -0.05) is 18.2 Å². The van der Waals surface area contributed by atoms with Gasteiger partial charge in [-0.05, 0) is 48.5 Å². The molecule has 0 aromatic heterocycles. The van der Waals surface area contributed by atoms with Gasteiger partial charge in [0.15, 0.2) is 17.4 Å². The number of benzene rings is 2. The number of phenolic OH excluding ortho intramolecular Hbond substituents is 1. The molecule has 0 saturated carbocycles. The lowest BCUT2D eigenvalue weighted by Gasteiger charge is -2.40. The number of hydrogen-bond acceptors (Lipinski definition) is 3. The van der Waals surface area contributed by atoms with E-state index in [2.05, 4.69) is 5.32 Å². The van der Waals surface area contributed by atoms with Crippen LogP contribution in [0.25, 0.3) is 5.57 Å². The Morgan fingerprint density at radius 2 is 1.71 bits per heavy atom. The third kappa shape index (κ3) is 2.45. The molecule has 2 aromatic carbocycles. The molecule has 0 amide bonds. The van der Waals surface area contributed by atoms with Crippen molar-refractivity contribution in [2.45, 2.75) is 18.4 Å². The topological polar surface area (TPSA) is 41.5 Å². The van der Waals surface area contributed by atoms with Gasteiger partial charge in [0.25, 0.3) is 0 Å². The first-order valence-electron chi connectivity index (χ1n) is 7.98. The van der Waals surface area contributed by atoms with Gasteiger partial charge in [-0.25, -0.2) is 8.78 Å². The number of nitrogens with one attached hydrogen (secondary N) is 1. The minimum Gasteiger partial charge on any atom is -0.503 e. The molecular formula is C19H17F2NO2. The first kappa shape index (κ1) is 15.1. The summed E-state index contributed by atoms with van der Waals surface area (Å²) in [5.74, 6) is -2.16. The molecule has 2 aliphatic heterocycles. The summed E-state index contributed by atoms with van der Waals surface area (Å²) in [6.45, 7) is 1.65. The van der Waals surface area contributed by atoms with Gasteiger partial charge < -0.3 is 15.2 Å². The van der Waals surface area contributed by atoms with E-state index in [9.17, 15) is 13.9 Å². The summed E-state index contributed by atoms with van der Waals surface area (Å²) in [6.07, 6.45) is 3.54. The maximum atomic E-state index is 13.8. The zero-order valence-electron chi connectivity index (χ0n) is 13.0. The van der Waals surface area contributed by atoms with Crippen molar-refractivity contribution >= 4 is 5.57 Å². The van der Waals surface area contributed by atoms with Crippen LogP contribution < -0.4 is 10.1 Å². The molecule has 2 aliphatic rings. The fraction of sp³-hybridized carbons (Fsp3) is 0.263. The summed E-state index contributed by atoms with van der Waals surface area (Å²) in [4.78, 5) is 0. The smallest absolute Gasteiger partial charge is 0.187 e. The van der Waals surface area contributed by atoms with Crippen LogP contribution in [-0.2, 0) is 0 Å². The quantitative estimate of drug-likeness (QED) is 0.840. The molecule has 2 N–H and O–H groups in total. The van der Waals surface area contributed by atoms with Crippen LogP contribution in [0.15, 0.2) is 42.5 Å². The predicted octanol–water partition coefficient (Wildman–Crippen LogP) is 3.62. The molecule has 0 unspecified atom stereocenters. The summed E-state index contributed by atoms with van der Waals surface area (Å²) in [5, 5.41) is 12.7. The molecule has 1 saturated heterocycles. The number of ether oxygens (including phenoxy) is 1. The van der Waals surface area contributed by atoms with Gasteiger partial charge in [0.2, 0.25) is 0 Å². The van der Waals surface area contributed by atoms with Crippen molar-refractivity contribution in [3.63, 3.8) is 0 Å². The fourth-order valence-electron chi connectivity index (χ4n) is 3.42. The van der Waals surface area contributed by atoms with Crippen LogP contribution in [0.5, 0.6) is 11.5 Å². The average molecular weight is 329 g/mol. The summed E-state index contributed by atoms with van der Waals surface area (Å²) in [6, 6.07) is 9.83. The highest BCUT2D eigenvalue weighted by Gasteiger charge is 2.37. The zero-order chi connectivity index (χ0) is 16.7. The molecule has 0 aliphatic carbocycles. The van der Waals surface area contributed by atoms with E-state index in [0.29, 0.717) is 11.3 Å². The van der Waals surface area contributed by atoms with Gasteiger partial charge in [-0.15, -0.1) is 0 Å². The fourth-order valence-corrected chi connectivity index (χ4v) is 3.42. The predicted molar refractivity (Wildman–Crippen MR) is 87.0 cm³/mol. The Bertz CT molecular complexity index is 803. The van der Waals surface area contributed by atoms with E-state index >= 15 is 0 Å². The Morgan fingerprint density at radius 3 is 2.42 bits per heavy atom. The lowest BCUT2D eigenvalue weighted by atomic mass is 9.83. The normalized spacial score (nSPS) is 18.7. The van der Waals surface area contributed by atoms with Crippen LogP contribution in [0.1, 0.15) is 24.0 Å². The second-order valence-electron chi connectivity index (χ2n) is 6.26. The molecule has 5 heteroatoms. The number of phenols is 1. The summed E-state index contributed by atoms with van der Waals surface area (Å²) in [5.41, 5.74) is 1.46. The lowest BCUT2D eigenvalue weighted by molar-refractivity contribution is 0.0817. The second-order valence-corrected chi connectivity index (χ2v) is 6.26. The minimum atomic E-state index is -0.964. The Morgan fingerprint density at radius 1 is 1.04 bits per heavy atom. The molecule has 124 valence electrons. The molecule has 2 heterocycles. The molecular weight excluding hydrogens is 312 g/mol. The summed E-state index contributed by atoms with van der Waals surface area (Å²) >= 11 is 0. The highest BCUT2D eigenvalue weighted by Crippen LogP contribution is 2.43. The number of aromatic hydroxyl groups is 1. The third-order valence-corrected chi connectivity index (χ3v) is 4.68. The van der Waals surface area contributed by atoms with Crippen molar-refractivity contribution < 1.29 is 18.6 Å². The Balaban J connectivity index is 1.89. The van der Waals surface area contributed by atoms with Crippen molar-refractivity contribution in [3.8, 4) is 11.5 Å². The lowest BCUT2D eigenvalue weighted by Crippen LogP contribution is -2.46. The van der Waals surface area contributed by atoms with Gasteiger partial charge in [0.05, 0.1) is 0 Å². The van der Waals surface area contributed by atoms with Crippen LogP contribution in [-0.4, -0.2) is 23.8 Å². The molecule has 1 spiro atoms. The maximum absolute atomic E-state index is 13.8. The van der Waals surface area contributed by atoms with E-state index in [4.69, 9.17) is 4.74 Å². The van der Waals surface area contributed by atoms with Crippen molar-refractivity contribution in [3.05, 3.63) is 65.2 Å². The van der Waals surface area contributed by atoms with Crippen molar-refractivity contribution in [1.29, 1.82) is 0 Å². The second kappa shape index (κ2) is 5.60. The van der Waals surface area contributed by atoms with Crippen LogP contribution in [0.2, 0.25) is 0 Å². The average Bonchev–Trinajstić information content (AvgIpc) is 2.59. The van der Waals surface area contributed by atoms with Gasteiger partial charge in [0, 0.05) is 18.4 Å². The highest BCUT2D eigenvalue weighted by atomic mass is 19.1. The Hall–Kier alpha value is -2.40. The van der Waals surface area contributed by atoms with Crippen molar-refractivity contribution in [2.24, 2.45) is 0 Å². The largest absolute Gasteiger partial charge is 0.503 e. The van der Waals surface area contributed by atoms with E-state index in [1.807, 2.05) is 30.3 Å². The highest BCUT2D eigenvalue weighted by molar-refractivity contribution is 5.85. The standard InChI is InChI=1S/C19H17F2NO2/c20-15-9-12(10-16(21)18(15)23)14-11-19(5-7-22-8-6-19)24-17-4-2-1-3-13(14)17/h1-4,9-11,22-23H,5-8H2. The summed E-state index contributed by atoms with van der Waals surface area (Å²) in [7, 11) is 0. The van der Waals surface area contributed by atoms with E-state index < -0.39 is 23.0 Å². The zero-order valence-corrected chi connectivity index (χ0v) is 13.0. The maximum Gasteiger partial charge on any atom is 0.187 e. The first-order valence-corrected chi connectivity index (χ1v) is 7.98. The number of piperidine rings is 1. The molecule has 4 rings (SSSR count). The Kier molecular flexibility index (Phi) is 3.53. The van der Waals surface area contributed by atoms with Crippen LogP contribution >= 0.6 is 0 Å². The van der Waals surface area contributed by atoms with Crippen molar-refractivity contribution in [1.82, 2.24) is 5.32 Å². The van der Waals surface area contributed by atoms with E-state index in [0.717, 1.165) is 37.1 Å². The van der Waals surface area contributed by atoms with Gasteiger partial charge >= 0.3 is 0 Å². The van der Waals surface area contributed by atoms with E-state index in [1.165, 1.54) is 12.1 Å². The van der Waals surface area contributed by atoms with Crippen molar-refractivity contribution in [2.75, 3.05) is 13.1 Å².